The number of carbonyl (C=O) groups excluding carboxylic acids is 1. The number of carboxylic acids is 1. The average molecular weight is 280 g/mol. The van der Waals surface area contributed by atoms with E-state index in [1.807, 2.05) is 13.8 Å². The first-order valence-electron chi connectivity index (χ1n) is 6.52. The van der Waals surface area contributed by atoms with Crippen molar-refractivity contribution in [2.45, 2.75) is 27.2 Å². The highest BCUT2D eigenvalue weighted by atomic mass is 16.4. The topological polar surface area (TPSA) is 104 Å². The van der Waals surface area contributed by atoms with Crippen molar-refractivity contribution >= 4 is 17.7 Å². The van der Waals surface area contributed by atoms with Gasteiger partial charge in [-0.3, -0.25) is 9.59 Å². The summed E-state index contributed by atoms with van der Waals surface area (Å²) in [4.78, 5) is 22.7. The van der Waals surface area contributed by atoms with Gasteiger partial charge >= 0.3 is 5.97 Å². The first-order chi connectivity index (χ1) is 9.42. The van der Waals surface area contributed by atoms with Crippen molar-refractivity contribution in [3.05, 3.63) is 17.8 Å². The number of hydrogen-bond donors (Lipinski definition) is 3. The fourth-order valence-electron chi connectivity index (χ4n) is 1.44. The van der Waals surface area contributed by atoms with Crippen LogP contribution < -0.4 is 10.6 Å². The Morgan fingerprint density at radius 1 is 1.30 bits per heavy atom. The summed E-state index contributed by atoms with van der Waals surface area (Å²) in [5.41, 5.74) is -0.631. The molecule has 0 aliphatic heterocycles. The lowest BCUT2D eigenvalue weighted by Crippen LogP contribution is -2.34. The molecule has 1 rings (SSSR count). The molecule has 3 N–H and O–H groups in total. The number of hydrogen-bond acceptors (Lipinski definition) is 5. The fourth-order valence-corrected chi connectivity index (χ4v) is 1.44. The Labute approximate surface area is 117 Å². The van der Waals surface area contributed by atoms with E-state index in [9.17, 15) is 9.59 Å². The molecule has 0 radical (unpaired) electrons. The predicted molar refractivity (Wildman–Crippen MR) is 74.6 cm³/mol. The third-order valence-corrected chi connectivity index (χ3v) is 3.19. The lowest BCUT2D eigenvalue weighted by molar-refractivity contribution is -0.147. The van der Waals surface area contributed by atoms with Gasteiger partial charge in [-0.2, -0.15) is 0 Å². The standard InChI is InChI=1S/C13H20N4O3/c1-4-13(3,12(19)20)8-15-10-7-6-9(16-17-10)11(18)14-5-2/h6-7H,4-5,8H2,1-3H3,(H,14,18)(H,15,17)(H,19,20). The number of nitrogens with zero attached hydrogens (tertiary/aromatic N) is 2. The first-order valence-corrected chi connectivity index (χ1v) is 6.52. The molecule has 110 valence electrons. The van der Waals surface area contributed by atoms with Gasteiger partial charge in [-0.05, 0) is 32.4 Å². The zero-order valence-corrected chi connectivity index (χ0v) is 11.9. The van der Waals surface area contributed by atoms with Gasteiger partial charge in [-0.15, -0.1) is 10.2 Å². The molecule has 0 fully saturated rings. The Morgan fingerprint density at radius 2 is 2.00 bits per heavy atom. The van der Waals surface area contributed by atoms with Crippen LogP contribution in [-0.2, 0) is 4.79 Å². The second-order valence-electron chi connectivity index (χ2n) is 4.74. The van der Waals surface area contributed by atoms with Crippen molar-refractivity contribution in [3.63, 3.8) is 0 Å². The number of carbonyl (C=O) groups is 2. The smallest absolute Gasteiger partial charge is 0.311 e. The molecule has 7 nitrogen and oxygen atoms in total. The van der Waals surface area contributed by atoms with E-state index in [-0.39, 0.29) is 18.1 Å². The first kappa shape index (κ1) is 15.9. The zero-order valence-electron chi connectivity index (χ0n) is 11.9. The molecule has 1 heterocycles. The van der Waals surface area contributed by atoms with Gasteiger partial charge in [0.05, 0.1) is 5.41 Å². The number of rotatable bonds is 7. The van der Waals surface area contributed by atoms with Gasteiger partial charge in [-0.25, -0.2) is 0 Å². The Kier molecular flexibility index (Phi) is 5.42. The molecule has 1 atom stereocenters. The third kappa shape index (κ3) is 3.91. The number of nitrogens with one attached hydrogen (secondary N) is 2. The molecule has 1 unspecified atom stereocenters. The maximum absolute atomic E-state index is 11.5. The van der Waals surface area contributed by atoms with E-state index in [0.717, 1.165) is 0 Å². The van der Waals surface area contributed by atoms with E-state index in [2.05, 4.69) is 20.8 Å². The summed E-state index contributed by atoms with van der Waals surface area (Å²) in [6.07, 6.45) is 0.500. The van der Waals surface area contributed by atoms with E-state index in [0.29, 0.717) is 18.8 Å². The van der Waals surface area contributed by atoms with Crippen LogP contribution in [0.5, 0.6) is 0 Å². The highest BCUT2D eigenvalue weighted by Gasteiger charge is 2.30. The highest BCUT2D eigenvalue weighted by molar-refractivity contribution is 5.92. The van der Waals surface area contributed by atoms with Crippen molar-refractivity contribution < 1.29 is 14.7 Å². The van der Waals surface area contributed by atoms with Gasteiger partial charge in [0, 0.05) is 13.1 Å². The molecule has 0 aliphatic carbocycles. The number of anilines is 1. The molecule has 0 spiro atoms. The maximum Gasteiger partial charge on any atom is 0.311 e. The molecule has 1 amide bonds. The zero-order chi connectivity index (χ0) is 15.2. The average Bonchev–Trinajstić information content (AvgIpc) is 2.45. The number of aliphatic carboxylic acids is 1. The number of carboxylic acid groups (broad SMARTS) is 1. The quantitative estimate of drug-likeness (QED) is 0.692. The lowest BCUT2D eigenvalue weighted by atomic mass is 9.88. The van der Waals surface area contributed by atoms with Gasteiger partial charge in [0.2, 0.25) is 0 Å². The molecule has 20 heavy (non-hydrogen) atoms. The van der Waals surface area contributed by atoms with E-state index in [4.69, 9.17) is 5.11 Å². The lowest BCUT2D eigenvalue weighted by Gasteiger charge is -2.23. The van der Waals surface area contributed by atoms with Crippen LogP contribution in [-0.4, -0.2) is 40.3 Å². The van der Waals surface area contributed by atoms with Gasteiger partial charge in [0.15, 0.2) is 5.69 Å². The summed E-state index contributed by atoms with van der Waals surface area (Å²) >= 11 is 0. The molecule has 0 aromatic carbocycles. The summed E-state index contributed by atoms with van der Waals surface area (Å²) in [5.74, 6) is -0.700. The van der Waals surface area contributed by atoms with Crippen molar-refractivity contribution in [2.24, 2.45) is 5.41 Å². The predicted octanol–water partition coefficient (Wildman–Crippen LogP) is 1.14. The largest absolute Gasteiger partial charge is 0.481 e. The minimum atomic E-state index is -0.862. The fraction of sp³-hybridized carbons (Fsp3) is 0.538. The summed E-state index contributed by atoms with van der Waals surface area (Å²) in [7, 11) is 0. The molecule has 0 saturated heterocycles. The van der Waals surface area contributed by atoms with Crippen molar-refractivity contribution in [1.29, 1.82) is 0 Å². The maximum atomic E-state index is 11.5. The van der Waals surface area contributed by atoms with Gasteiger partial charge in [-0.1, -0.05) is 6.92 Å². The van der Waals surface area contributed by atoms with E-state index < -0.39 is 11.4 Å². The molecule has 7 heteroatoms. The van der Waals surface area contributed by atoms with E-state index in [1.165, 1.54) is 0 Å². The Bertz CT molecular complexity index is 475. The number of amides is 1. The summed E-state index contributed by atoms with van der Waals surface area (Å²) in [6, 6.07) is 3.15. The van der Waals surface area contributed by atoms with Crippen LogP contribution in [0.2, 0.25) is 0 Å². The Morgan fingerprint density at radius 3 is 2.45 bits per heavy atom. The van der Waals surface area contributed by atoms with Crippen LogP contribution in [0.4, 0.5) is 5.82 Å². The van der Waals surface area contributed by atoms with Crippen molar-refractivity contribution in [1.82, 2.24) is 15.5 Å². The number of aromatic nitrogens is 2. The highest BCUT2D eigenvalue weighted by Crippen LogP contribution is 2.21. The van der Waals surface area contributed by atoms with Crippen molar-refractivity contribution in [2.75, 3.05) is 18.4 Å². The van der Waals surface area contributed by atoms with Crippen LogP contribution in [0.15, 0.2) is 12.1 Å². The van der Waals surface area contributed by atoms with Gasteiger partial charge in [0.25, 0.3) is 5.91 Å². The molecule has 1 aromatic heterocycles. The molecule has 0 aliphatic rings. The van der Waals surface area contributed by atoms with Gasteiger partial charge < -0.3 is 15.7 Å². The second kappa shape index (κ2) is 6.83. The minimum absolute atomic E-state index is 0.230. The van der Waals surface area contributed by atoms with Gasteiger partial charge in [0.1, 0.15) is 5.82 Å². The van der Waals surface area contributed by atoms with Crippen LogP contribution in [0.3, 0.4) is 0 Å². The summed E-state index contributed by atoms with van der Waals surface area (Å²) < 4.78 is 0. The van der Waals surface area contributed by atoms with E-state index >= 15 is 0 Å². The monoisotopic (exact) mass is 280 g/mol. The van der Waals surface area contributed by atoms with Crippen LogP contribution in [0.25, 0.3) is 0 Å². The van der Waals surface area contributed by atoms with Crippen LogP contribution >= 0.6 is 0 Å². The molecule has 0 bridgehead atoms. The van der Waals surface area contributed by atoms with Crippen LogP contribution in [0, 0.1) is 5.41 Å². The normalized spacial score (nSPS) is 13.3. The van der Waals surface area contributed by atoms with Crippen LogP contribution in [0.1, 0.15) is 37.7 Å². The molecular formula is C13H20N4O3. The third-order valence-electron chi connectivity index (χ3n) is 3.19. The van der Waals surface area contributed by atoms with E-state index in [1.54, 1.807) is 19.1 Å². The minimum Gasteiger partial charge on any atom is -0.481 e. The second-order valence-corrected chi connectivity index (χ2v) is 4.74. The molecule has 1 aromatic rings. The summed E-state index contributed by atoms with van der Waals surface area (Å²) in [5, 5.41) is 22.4. The molecular weight excluding hydrogens is 260 g/mol. The molecule has 0 saturated carbocycles. The Hall–Kier alpha value is -2.18. The van der Waals surface area contributed by atoms with Crippen molar-refractivity contribution in [3.8, 4) is 0 Å². The SMILES string of the molecule is CCNC(=O)c1ccc(NCC(C)(CC)C(=O)O)nn1. The Balaban J connectivity index is 2.66. The summed E-state index contributed by atoms with van der Waals surface area (Å²) in [6.45, 7) is 6.07.